The molecule has 3 N–H and O–H groups in total. The molecule has 1 atom stereocenters. The Labute approximate surface area is 78.1 Å². The van der Waals surface area contributed by atoms with E-state index in [0.717, 1.165) is 0 Å². The molecule has 0 aliphatic rings. The summed E-state index contributed by atoms with van der Waals surface area (Å²) in [6.07, 6.45) is -0.507. The van der Waals surface area contributed by atoms with E-state index in [-0.39, 0.29) is 12.8 Å². The van der Waals surface area contributed by atoms with Crippen LogP contribution >= 0.6 is 0 Å². The summed E-state index contributed by atoms with van der Waals surface area (Å²) < 4.78 is 30.2. The van der Waals surface area contributed by atoms with Gasteiger partial charge in [-0.1, -0.05) is 13.3 Å². The first kappa shape index (κ1) is 12.8. The lowest BCUT2D eigenvalue weighted by atomic mass is 10.1. The van der Waals surface area contributed by atoms with Gasteiger partial charge in [0.2, 0.25) is 0 Å². The monoisotopic (exact) mass is 212 g/mol. The minimum Gasteiger partial charge on any atom is -0.368 e. The van der Waals surface area contributed by atoms with Gasteiger partial charge in [0.1, 0.15) is 0 Å². The van der Waals surface area contributed by atoms with Crippen LogP contribution in [0.2, 0.25) is 0 Å². The highest BCUT2D eigenvalue weighted by atomic mass is 32.2. The summed E-state index contributed by atoms with van der Waals surface area (Å²) in [5.74, 6) is 0. The summed E-state index contributed by atoms with van der Waals surface area (Å²) in [4.78, 5) is 0. The van der Waals surface area contributed by atoms with Crippen LogP contribution in [0.5, 0.6) is 0 Å². The maximum Gasteiger partial charge on any atom is 0.267 e. The third-order valence-electron chi connectivity index (χ3n) is 1.78. The Morgan fingerprint density at radius 2 is 1.69 bits per heavy atom. The van der Waals surface area contributed by atoms with Crippen molar-refractivity contribution in [2.45, 2.75) is 44.1 Å². The summed E-state index contributed by atoms with van der Waals surface area (Å²) in [5, 5.41) is 16.2. The third kappa shape index (κ3) is 5.98. The van der Waals surface area contributed by atoms with Crippen molar-refractivity contribution < 1.29 is 23.2 Å². The maximum atomic E-state index is 10.7. The standard InChI is InChI=1S/C7H16O5S/c1-2-3-6(13(10,11)12)4-5-7(8)9/h6-9H,2-5H2,1H3,(H,10,11,12). The minimum absolute atomic E-state index is 0.0372. The van der Waals surface area contributed by atoms with Gasteiger partial charge in [-0.2, -0.15) is 8.42 Å². The smallest absolute Gasteiger partial charge is 0.267 e. The highest BCUT2D eigenvalue weighted by Crippen LogP contribution is 2.14. The first-order valence-corrected chi connectivity index (χ1v) is 5.70. The van der Waals surface area contributed by atoms with Crippen molar-refractivity contribution in [2.24, 2.45) is 0 Å². The second-order valence-corrected chi connectivity index (χ2v) is 4.68. The molecule has 0 saturated carbocycles. The zero-order valence-electron chi connectivity index (χ0n) is 7.55. The summed E-state index contributed by atoms with van der Waals surface area (Å²) in [7, 11) is -4.04. The number of aliphatic hydroxyl groups excluding tert-OH is 1. The molecule has 0 amide bonds. The first-order valence-electron chi connectivity index (χ1n) is 4.20. The zero-order valence-corrected chi connectivity index (χ0v) is 8.37. The molecule has 0 fully saturated rings. The molecule has 80 valence electrons. The summed E-state index contributed by atoms with van der Waals surface area (Å²) in [6.45, 7) is 1.80. The van der Waals surface area contributed by atoms with E-state index in [9.17, 15) is 8.42 Å². The van der Waals surface area contributed by atoms with Gasteiger partial charge in [-0.25, -0.2) is 0 Å². The van der Waals surface area contributed by atoms with E-state index < -0.39 is 21.7 Å². The Balaban J connectivity index is 4.12. The molecule has 0 aromatic rings. The van der Waals surface area contributed by atoms with Gasteiger partial charge in [0, 0.05) is 0 Å². The summed E-state index contributed by atoms with van der Waals surface area (Å²) in [6, 6.07) is 0. The van der Waals surface area contributed by atoms with Gasteiger partial charge in [-0.15, -0.1) is 0 Å². The fourth-order valence-electron chi connectivity index (χ4n) is 1.10. The van der Waals surface area contributed by atoms with Crippen molar-refractivity contribution in [1.29, 1.82) is 0 Å². The fraction of sp³-hybridized carbons (Fsp3) is 1.00. The van der Waals surface area contributed by atoms with Crippen LogP contribution in [-0.2, 0) is 10.1 Å². The average molecular weight is 212 g/mol. The molecule has 0 aromatic carbocycles. The van der Waals surface area contributed by atoms with Gasteiger partial charge in [0.15, 0.2) is 6.29 Å². The van der Waals surface area contributed by atoms with E-state index in [4.69, 9.17) is 14.8 Å². The van der Waals surface area contributed by atoms with E-state index in [0.29, 0.717) is 12.8 Å². The fourth-order valence-corrected chi connectivity index (χ4v) is 2.07. The van der Waals surface area contributed by atoms with Crippen LogP contribution in [0.1, 0.15) is 32.6 Å². The van der Waals surface area contributed by atoms with Gasteiger partial charge < -0.3 is 10.2 Å². The van der Waals surface area contributed by atoms with Gasteiger partial charge >= 0.3 is 0 Å². The molecule has 0 spiro atoms. The van der Waals surface area contributed by atoms with Crippen LogP contribution in [0.25, 0.3) is 0 Å². The molecule has 1 unspecified atom stereocenters. The predicted molar refractivity (Wildman–Crippen MR) is 47.7 cm³/mol. The van der Waals surface area contributed by atoms with Crippen LogP contribution in [0, 0.1) is 0 Å². The second kappa shape index (κ2) is 5.54. The van der Waals surface area contributed by atoms with E-state index in [1.54, 1.807) is 6.92 Å². The van der Waals surface area contributed by atoms with E-state index in [1.165, 1.54) is 0 Å². The lowest BCUT2D eigenvalue weighted by molar-refractivity contribution is -0.0464. The van der Waals surface area contributed by atoms with Crippen LogP contribution in [0.3, 0.4) is 0 Å². The quantitative estimate of drug-likeness (QED) is 0.430. The van der Waals surface area contributed by atoms with Gasteiger partial charge in [0.25, 0.3) is 10.1 Å². The summed E-state index contributed by atoms with van der Waals surface area (Å²) in [5.41, 5.74) is 0. The molecule has 13 heavy (non-hydrogen) atoms. The lowest BCUT2D eigenvalue weighted by Crippen LogP contribution is -2.22. The van der Waals surface area contributed by atoms with Crippen LogP contribution in [-0.4, -0.2) is 34.7 Å². The van der Waals surface area contributed by atoms with Crippen LogP contribution in [0.4, 0.5) is 0 Å². The van der Waals surface area contributed by atoms with Gasteiger partial charge in [-0.05, 0) is 19.3 Å². The second-order valence-electron chi connectivity index (χ2n) is 2.98. The number of rotatable bonds is 6. The Kier molecular flexibility index (Phi) is 5.46. The highest BCUT2D eigenvalue weighted by Gasteiger charge is 2.22. The number of hydrogen-bond donors (Lipinski definition) is 3. The first-order chi connectivity index (χ1) is 5.88. The largest absolute Gasteiger partial charge is 0.368 e. The molecule has 6 heteroatoms. The molecule has 0 aliphatic carbocycles. The molecule has 0 heterocycles. The van der Waals surface area contributed by atoms with Crippen molar-refractivity contribution in [3.63, 3.8) is 0 Å². The molecule has 0 bridgehead atoms. The minimum atomic E-state index is -4.04. The van der Waals surface area contributed by atoms with Gasteiger partial charge in [-0.3, -0.25) is 4.55 Å². The van der Waals surface area contributed by atoms with E-state index >= 15 is 0 Å². The molecule has 0 rings (SSSR count). The third-order valence-corrected chi connectivity index (χ3v) is 3.09. The molecule has 0 saturated heterocycles. The number of hydrogen-bond acceptors (Lipinski definition) is 4. The average Bonchev–Trinajstić information content (AvgIpc) is 1.95. The predicted octanol–water partition coefficient (Wildman–Crippen LogP) is 0.134. The maximum absolute atomic E-state index is 10.7. The van der Waals surface area contributed by atoms with Crippen molar-refractivity contribution in [2.75, 3.05) is 0 Å². The Hall–Kier alpha value is -0.170. The van der Waals surface area contributed by atoms with Crippen LogP contribution < -0.4 is 0 Å². The molecular weight excluding hydrogens is 196 g/mol. The van der Waals surface area contributed by atoms with Crippen molar-refractivity contribution in [1.82, 2.24) is 0 Å². The Morgan fingerprint density at radius 3 is 2.00 bits per heavy atom. The van der Waals surface area contributed by atoms with E-state index in [1.807, 2.05) is 0 Å². The van der Waals surface area contributed by atoms with Crippen molar-refractivity contribution in [3.8, 4) is 0 Å². The SMILES string of the molecule is CCCC(CCC(O)O)S(=O)(=O)O. The molecule has 5 nitrogen and oxygen atoms in total. The van der Waals surface area contributed by atoms with E-state index in [2.05, 4.69) is 0 Å². The Morgan fingerprint density at radius 1 is 1.15 bits per heavy atom. The lowest BCUT2D eigenvalue weighted by Gasteiger charge is -2.12. The topological polar surface area (TPSA) is 94.8 Å². The highest BCUT2D eigenvalue weighted by molar-refractivity contribution is 7.86. The molecule has 0 radical (unpaired) electrons. The van der Waals surface area contributed by atoms with Crippen molar-refractivity contribution >= 4 is 10.1 Å². The van der Waals surface area contributed by atoms with Crippen molar-refractivity contribution in [3.05, 3.63) is 0 Å². The Bertz CT molecular complexity index is 221. The molecular formula is C7H16O5S. The normalized spacial score (nSPS) is 14.8. The summed E-state index contributed by atoms with van der Waals surface area (Å²) >= 11 is 0. The molecule has 0 aromatic heterocycles. The zero-order chi connectivity index (χ0) is 10.5. The van der Waals surface area contributed by atoms with Crippen LogP contribution in [0.15, 0.2) is 0 Å². The number of aliphatic hydroxyl groups is 2. The van der Waals surface area contributed by atoms with Gasteiger partial charge in [0.05, 0.1) is 5.25 Å². The molecule has 0 aliphatic heterocycles.